The topological polar surface area (TPSA) is 87.4 Å². The van der Waals surface area contributed by atoms with Gasteiger partial charge in [0.2, 0.25) is 5.78 Å². The van der Waals surface area contributed by atoms with Crippen LogP contribution in [0.3, 0.4) is 0 Å². The number of methoxy groups -OCH3 is 1. The van der Waals surface area contributed by atoms with E-state index in [1.54, 1.807) is 18.2 Å². The third-order valence-corrected chi connectivity index (χ3v) is 8.87. The van der Waals surface area contributed by atoms with Gasteiger partial charge in [-0.2, -0.15) is 0 Å². The minimum absolute atomic E-state index is 0.127. The Morgan fingerprint density at radius 3 is 2.46 bits per heavy atom. The van der Waals surface area contributed by atoms with E-state index in [0.29, 0.717) is 60.2 Å². The lowest BCUT2D eigenvalue weighted by Gasteiger charge is -2.41. The van der Waals surface area contributed by atoms with Crippen LogP contribution in [0.4, 0.5) is 10.2 Å². The van der Waals surface area contributed by atoms with Crippen molar-refractivity contribution in [2.24, 2.45) is 0 Å². The normalized spacial score (nSPS) is 15.8. The largest absolute Gasteiger partial charge is 0.490 e. The van der Waals surface area contributed by atoms with Gasteiger partial charge >= 0.3 is 5.97 Å². The minimum Gasteiger partial charge on any atom is -0.490 e. The van der Waals surface area contributed by atoms with Crippen LogP contribution in [-0.4, -0.2) is 64.5 Å². The summed E-state index contributed by atoms with van der Waals surface area (Å²) in [5, 5.41) is 0. The zero-order valence-corrected chi connectivity index (χ0v) is 30.3. The molecule has 0 aliphatic carbocycles. The van der Waals surface area contributed by atoms with Gasteiger partial charge in [0.1, 0.15) is 17.4 Å². The van der Waals surface area contributed by atoms with Gasteiger partial charge in [0.25, 0.3) is 0 Å². The molecule has 5 rings (SSSR count). The summed E-state index contributed by atoms with van der Waals surface area (Å²) >= 11 is 0. The number of halogens is 1. The number of imidazole rings is 1. The quantitative estimate of drug-likeness (QED) is 0.102. The maximum Gasteiger partial charge on any atom is 0.339 e. The van der Waals surface area contributed by atoms with Crippen LogP contribution in [0.5, 0.6) is 5.75 Å². The number of hydrogen-bond acceptors (Lipinski definition) is 8. The van der Waals surface area contributed by atoms with Gasteiger partial charge in [0.15, 0.2) is 6.10 Å². The van der Waals surface area contributed by atoms with Crippen LogP contribution in [0, 0.1) is 12.7 Å². The number of hydrogen-bond donors (Lipinski definition) is 0. The first-order valence-electron chi connectivity index (χ1n) is 17.1. The summed E-state index contributed by atoms with van der Waals surface area (Å²) in [4.78, 5) is 25.5. The van der Waals surface area contributed by atoms with Crippen LogP contribution in [0.2, 0.25) is 0 Å². The molecule has 0 radical (unpaired) electrons. The number of aromatic nitrogens is 3. The molecule has 1 fully saturated rings. The summed E-state index contributed by atoms with van der Waals surface area (Å²) in [6, 6.07) is 12.3. The number of fused-ring (bicyclic) bond motifs is 1. The summed E-state index contributed by atoms with van der Waals surface area (Å²) in [5.74, 6) is 0.961. The third kappa shape index (κ3) is 8.25. The molecule has 0 bridgehead atoms. The molecule has 1 aliphatic rings. The SMILES string of the molecule is C=CCOC1(C)CCN(c2c([C@H](OC(C)(C)C)C(=O)OC)c(C)nc3nc(-c4cccc(-c5cc(F)ccc5O[C@@H](C)CC=C)c4)cn23)CC1. The predicted molar refractivity (Wildman–Crippen MR) is 195 cm³/mol. The Hall–Kier alpha value is -4.54. The molecular weight excluding hydrogens is 635 g/mol. The Bertz CT molecular complexity index is 1850. The smallest absolute Gasteiger partial charge is 0.339 e. The van der Waals surface area contributed by atoms with E-state index in [4.69, 9.17) is 28.9 Å². The summed E-state index contributed by atoms with van der Waals surface area (Å²) in [5.41, 5.74) is 3.18. The lowest BCUT2D eigenvalue weighted by atomic mass is 9.92. The highest BCUT2D eigenvalue weighted by molar-refractivity contribution is 5.81. The first-order chi connectivity index (χ1) is 23.8. The Balaban J connectivity index is 1.64. The second-order valence-electron chi connectivity index (χ2n) is 14.1. The van der Waals surface area contributed by atoms with Crippen LogP contribution in [0.15, 0.2) is 74.0 Å². The van der Waals surface area contributed by atoms with Gasteiger partial charge in [-0.15, -0.1) is 13.2 Å². The zero-order valence-electron chi connectivity index (χ0n) is 30.3. The fourth-order valence-corrected chi connectivity index (χ4v) is 6.33. The van der Waals surface area contributed by atoms with Crippen LogP contribution in [-0.2, 0) is 19.0 Å². The van der Waals surface area contributed by atoms with Gasteiger partial charge in [-0.25, -0.2) is 19.2 Å². The second-order valence-corrected chi connectivity index (χ2v) is 14.1. The van der Waals surface area contributed by atoms with Gasteiger partial charge in [-0.3, -0.25) is 4.40 Å². The van der Waals surface area contributed by atoms with Crippen molar-refractivity contribution < 1.29 is 28.1 Å². The Morgan fingerprint density at radius 1 is 1.08 bits per heavy atom. The van der Waals surface area contributed by atoms with Crippen LogP contribution in [0.25, 0.3) is 28.2 Å². The molecule has 10 heteroatoms. The molecule has 0 unspecified atom stereocenters. The number of piperidine rings is 1. The van der Waals surface area contributed by atoms with E-state index in [2.05, 4.69) is 25.0 Å². The molecule has 4 aromatic rings. The number of carbonyl (C=O) groups is 1. The number of anilines is 1. The average Bonchev–Trinajstić information content (AvgIpc) is 3.50. The van der Waals surface area contributed by atoms with Crippen molar-refractivity contribution in [3.63, 3.8) is 0 Å². The van der Waals surface area contributed by atoms with Crippen LogP contribution >= 0.6 is 0 Å². The number of benzene rings is 2. The molecule has 0 N–H and O–H groups in total. The summed E-state index contributed by atoms with van der Waals surface area (Å²) < 4.78 is 40.5. The van der Waals surface area contributed by atoms with Crippen LogP contribution in [0.1, 0.15) is 71.2 Å². The molecule has 0 saturated carbocycles. The standard InChI is InChI=1S/C40H49FN4O5/c1-10-13-26(3)49-33-17-16-30(41)24-31(33)28-14-12-15-29(23-28)32-25-45-36(44-20-18-40(8,19-21-44)48-22-11-2)34(27(4)42-38(45)43-32)35(37(46)47-9)50-39(5,6)7/h10-12,14-17,23-26,35H,1-2,13,18-22H2,3-9H3/t26-,35-/m0/s1. The number of esters is 1. The summed E-state index contributed by atoms with van der Waals surface area (Å²) in [6.07, 6.45) is 6.53. The Labute approximate surface area is 294 Å². The van der Waals surface area contributed by atoms with E-state index in [-0.39, 0.29) is 17.5 Å². The van der Waals surface area contributed by atoms with Gasteiger partial charge in [-0.1, -0.05) is 30.4 Å². The fourth-order valence-electron chi connectivity index (χ4n) is 6.33. The third-order valence-electron chi connectivity index (χ3n) is 8.87. The predicted octanol–water partition coefficient (Wildman–Crippen LogP) is 8.44. The van der Waals surface area contributed by atoms with Crippen molar-refractivity contribution in [1.29, 1.82) is 0 Å². The number of aryl methyl sites for hydroxylation is 1. The van der Waals surface area contributed by atoms with Crippen molar-refractivity contribution in [2.75, 3.05) is 31.7 Å². The molecule has 266 valence electrons. The first kappa shape index (κ1) is 36.7. The maximum absolute atomic E-state index is 14.6. The average molecular weight is 685 g/mol. The molecule has 2 atom stereocenters. The number of ether oxygens (including phenoxy) is 4. The minimum atomic E-state index is -1.03. The van der Waals surface area contributed by atoms with E-state index in [1.807, 2.05) is 69.5 Å². The Kier molecular flexibility index (Phi) is 11.1. The highest BCUT2D eigenvalue weighted by atomic mass is 19.1. The van der Waals surface area contributed by atoms with Crippen molar-refractivity contribution >= 4 is 17.6 Å². The summed E-state index contributed by atoms with van der Waals surface area (Å²) in [6.45, 7) is 21.1. The highest BCUT2D eigenvalue weighted by Gasteiger charge is 2.38. The van der Waals surface area contributed by atoms with Crippen molar-refractivity contribution in [3.8, 4) is 28.1 Å². The van der Waals surface area contributed by atoms with Gasteiger partial charge in [0.05, 0.1) is 48.0 Å². The lowest BCUT2D eigenvalue weighted by Crippen LogP contribution is -2.45. The monoisotopic (exact) mass is 684 g/mol. The maximum atomic E-state index is 14.6. The van der Waals surface area contributed by atoms with Crippen molar-refractivity contribution in [2.45, 2.75) is 84.2 Å². The van der Waals surface area contributed by atoms with Crippen molar-refractivity contribution in [3.05, 3.63) is 91.0 Å². The van der Waals surface area contributed by atoms with E-state index in [1.165, 1.54) is 19.2 Å². The number of nitrogens with zero attached hydrogens (tertiary/aromatic N) is 4. The van der Waals surface area contributed by atoms with Crippen LogP contribution < -0.4 is 9.64 Å². The van der Waals surface area contributed by atoms with E-state index in [0.717, 1.165) is 29.8 Å². The van der Waals surface area contributed by atoms with Gasteiger partial charge in [-0.05, 0) is 84.2 Å². The molecule has 2 aromatic heterocycles. The molecular formula is C40H49FN4O5. The van der Waals surface area contributed by atoms with E-state index in [9.17, 15) is 9.18 Å². The molecule has 2 aromatic carbocycles. The molecule has 3 heterocycles. The number of rotatable bonds is 13. The first-order valence-corrected chi connectivity index (χ1v) is 17.1. The molecule has 1 saturated heterocycles. The molecule has 9 nitrogen and oxygen atoms in total. The number of carbonyl (C=O) groups excluding carboxylic acids is 1. The second kappa shape index (κ2) is 15.1. The summed E-state index contributed by atoms with van der Waals surface area (Å²) in [7, 11) is 1.36. The van der Waals surface area contributed by atoms with E-state index >= 15 is 0 Å². The highest BCUT2D eigenvalue weighted by Crippen LogP contribution is 2.40. The van der Waals surface area contributed by atoms with Crippen molar-refractivity contribution in [1.82, 2.24) is 14.4 Å². The van der Waals surface area contributed by atoms with Gasteiger partial charge in [0, 0.05) is 36.8 Å². The molecule has 1 aliphatic heterocycles. The molecule has 50 heavy (non-hydrogen) atoms. The zero-order chi connectivity index (χ0) is 36.2. The Morgan fingerprint density at radius 2 is 1.80 bits per heavy atom. The lowest BCUT2D eigenvalue weighted by molar-refractivity contribution is -0.164. The van der Waals surface area contributed by atoms with Gasteiger partial charge < -0.3 is 23.8 Å². The van der Waals surface area contributed by atoms with E-state index < -0.39 is 17.7 Å². The molecule has 0 spiro atoms. The fraction of sp³-hybridized carbons (Fsp3) is 0.425. The molecule has 0 amide bonds.